The number of fused-ring (bicyclic) bond motifs is 1. The fourth-order valence-corrected chi connectivity index (χ4v) is 3.04. The molecule has 3 heterocycles. The number of hydrogen-bond donors (Lipinski definition) is 2. The van der Waals surface area contributed by atoms with Gasteiger partial charge in [0.1, 0.15) is 17.1 Å². The Kier molecular flexibility index (Phi) is 4.57. The molecule has 0 unspecified atom stereocenters. The molecular formula is C20H19N5O2. The Balaban J connectivity index is 1.40. The average molecular weight is 361 g/mol. The van der Waals surface area contributed by atoms with E-state index in [1.165, 1.54) is 0 Å². The number of ether oxygens (including phenoxy) is 1. The monoisotopic (exact) mass is 361 g/mol. The first-order chi connectivity index (χ1) is 13.3. The van der Waals surface area contributed by atoms with Crippen LogP contribution in [0.5, 0.6) is 5.75 Å². The van der Waals surface area contributed by atoms with Crippen LogP contribution in [-0.2, 0) is 6.54 Å². The third-order valence-corrected chi connectivity index (χ3v) is 4.38. The smallest absolute Gasteiger partial charge is 0.269 e. The molecule has 0 fully saturated rings. The first-order valence-corrected chi connectivity index (χ1v) is 8.63. The lowest BCUT2D eigenvalue weighted by molar-refractivity contribution is 0.0947. The minimum Gasteiger partial charge on any atom is -0.496 e. The number of hydrogen-bond acceptors (Lipinski definition) is 4. The maximum atomic E-state index is 12.3. The van der Waals surface area contributed by atoms with Crippen LogP contribution >= 0.6 is 0 Å². The molecule has 2 N–H and O–H groups in total. The Bertz CT molecular complexity index is 1070. The molecule has 27 heavy (non-hydrogen) atoms. The number of nitrogens with zero attached hydrogens (tertiary/aromatic N) is 3. The van der Waals surface area contributed by atoms with E-state index in [4.69, 9.17) is 4.74 Å². The van der Waals surface area contributed by atoms with Crippen LogP contribution in [0.4, 0.5) is 0 Å². The van der Waals surface area contributed by atoms with Gasteiger partial charge in [0.05, 0.1) is 18.3 Å². The van der Waals surface area contributed by atoms with Gasteiger partial charge >= 0.3 is 0 Å². The topological polar surface area (TPSA) is 84.8 Å². The van der Waals surface area contributed by atoms with E-state index >= 15 is 0 Å². The van der Waals surface area contributed by atoms with Gasteiger partial charge in [0, 0.05) is 30.9 Å². The van der Waals surface area contributed by atoms with Crippen LogP contribution < -0.4 is 10.1 Å². The number of rotatable bonds is 6. The zero-order chi connectivity index (χ0) is 18.6. The predicted molar refractivity (Wildman–Crippen MR) is 103 cm³/mol. The van der Waals surface area contributed by atoms with Gasteiger partial charge in [0.15, 0.2) is 0 Å². The predicted octanol–water partition coefficient (Wildman–Crippen LogP) is 2.87. The highest BCUT2D eigenvalue weighted by Crippen LogP contribution is 2.26. The molecule has 0 aliphatic carbocycles. The zero-order valence-corrected chi connectivity index (χ0v) is 14.8. The molecule has 136 valence electrons. The van der Waals surface area contributed by atoms with Gasteiger partial charge in [-0.25, -0.2) is 0 Å². The van der Waals surface area contributed by atoms with Crippen LogP contribution in [-0.4, -0.2) is 39.3 Å². The molecule has 0 aliphatic rings. The largest absolute Gasteiger partial charge is 0.496 e. The van der Waals surface area contributed by atoms with Crippen LogP contribution in [0.2, 0.25) is 0 Å². The van der Waals surface area contributed by atoms with Gasteiger partial charge in [0.25, 0.3) is 5.91 Å². The second-order valence-corrected chi connectivity index (χ2v) is 6.04. The van der Waals surface area contributed by atoms with Crippen LogP contribution in [0.15, 0.2) is 60.9 Å². The minimum absolute atomic E-state index is 0.196. The van der Waals surface area contributed by atoms with Crippen molar-refractivity contribution in [3.8, 4) is 17.1 Å². The number of nitrogens with one attached hydrogen (secondary N) is 2. The highest BCUT2D eigenvalue weighted by atomic mass is 16.5. The zero-order valence-electron chi connectivity index (χ0n) is 14.8. The second kappa shape index (κ2) is 7.33. The number of carbonyl (C=O) groups excluding carboxylic acids is 1. The lowest BCUT2D eigenvalue weighted by atomic mass is 10.2. The molecule has 0 aliphatic heterocycles. The van der Waals surface area contributed by atoms with E-state index in [0.29, 0.717) is 24.5 Å². The number of aromatic nitrogens is 4. The SMILES string of the molecule is COc1cccc2c1ccn2CCNC(=O)c1cc(-c2ccccn2)n[nH]1. The molecule has 4 rings (SSSR count). The summed E-state index contributed by atoms with van der Waals surface area (Å²) in [5.74, 6) is 0.647. The van der Waals surface area contributed by atoms with E-state index in [-0.39, 0.29) is 5.91 Å². The fraction of sp³-hybridized carbons (Fsp3) is 0.150. The van der Waals surface area contributed by atoms with Gasteiger partial charge in [-0.1, -0.05) is 12.1 Å². The maximum Gasteiger partial charge on any atom is 0.269 e. The van der Waals surface area contributed by atoms with Crippen molar-refractivity contribution >= 4 is 16.8 Å². The van der Waals surface area contributed by atoms with E-state index in [0.717, 1.165) is 22.3 Å². The first-order valence-electron chi connectivity index (χ1n) is 8.63. The van der Waals surface area contributed by atoms with Crippen molar-refractivity contribution in [2.75, 3.05) is 13.7 Å². The number of benzene rings is 1. The van der Waals surface area contributed by atoms with Gasteiger partial charge in [0.2, 0.25) is 0 Å². The Morgan fingerprint density at radius 1 is 1.19 bits per heavy atom. The summed E-state index contributed by atoms with van der Waals surface area (Å²) in [6.07, 6.45) is 3.69. The summed E-state index contributed by atoms with van der Waals surface area (Å²) in [5, 5.41) is 10.9. The number of methoxy groups -OCH3 is 1. The van der Waals surface area contributed by atoms with Crippen molar-refractivity contribution in [3.05, 3.63) is 66.6 Å². The summed E-state index contributed by atoms with van der Waals surface area (Å²) >= 11 is 0. The van der Waals surface area contributed by atoms with E-state index in [1.807, 2.05) is 48.7 Å². The Labute approximate surface area is 156 Å². The van der Waals surface area contributed by atoms with Crippen LogP contribution in [0.1, 0.15) is 10.5 Å². The van der Waals surface area contributed by atoms with Crippen molar-refractivity contribution in [2.45, 2.75) is 6.54 Å². The molecule has 0 bridgehead atoms. The summed E-state index contributed by atoms with van der Waals surface area (Å²) in [4.78, 5) is 16.6. The van der Waals surface area contributed by atoms with Crippen LogP contribution in [0.25, 0.3) is 22.3 Å². The number of carbonyl (C=O) groups is 1. The summed E-state index contributed by atoms with van der Waals surface area (Å²) < 4.78 is 7.47. The normalized spacial score (nSPS) is 10.9. The lowest BCUT2D eigenvalue weighted by Crippen LogP contribution is -2.27. The molecule has 0 radical (unpaired) electrons. The standard InChI is InChI=1S/C20H19N5O2/c1-27-19-7-4-6-18-14(19)8-11-25(18)12-10-22-20(26)17-13-16(23-24-17)15-5-2-3-9-21-15/h2-9,11,13H,10,12H2,1H3,(H,22,26)(H,23,24). The highest BCUT2D eigenvalue weighted by molar-refractivity contribution is 5.93. The van der Waals surface area contributed by atoms with Crippen molar-refractivity contribution < 1.29 is 9.53 Å². The van der Waals surface area contributed by atoms with Crippen LogP contribution in [0, 0.1) is 0 Å². The second-order valence-electron chi connectivity index (χ2n) is 6.04. The van der Waals surface area contributed by atoms with E-state index in [9.17, 15) is 4.79 Å². The molecule has 7 nitrogen and oxygen atoms in total. The number of pyridine rings is 1. The lowest BCUT2D eigenvalue weighted by Gasteiger charge is -2.08. The minimum atomic E-state index is -0.196. The molecule has 1 amide bonds. The van der Waals surface area contributed by atoms with Crippen molar-refractivity contribution in [1.29, 1.82) is 0 Å². The van der Waals surface area contributed by atoms with E-state index in [2.05, 4.69) is 25.1 Å². The highest BCUT2D eigenvalue weighted by Gasteiger charge is 2.11. The van der Waals surface area contributed by atoms with Crippen molar-refractivity contribution in [3.63, 3.8) is 0 Å². The molecule has 0 spiro atoms. The molecule has 0 saturated carbocycles. The Hall–Kier alpha value is -3.61. The van der Waals surface area contributed by atoms with Gasteiger partial charge in [-0.15, -0.1) is 0 Å². The molecular weight excluding hydrogens is 342 g/mol. The van der Waals surface area contributed by atoms with E-state index in [1.54, 1.807) is 19.4 Å². The summed E-state index contributed by atoms with van der Waals surface area (Å²) in [7, 11) is 1.66. The molecule has 4 aromatic rings. The summed E-state index contributed by atoms with van der Waals surface area (Å²) in [6, 6.07) is 15.2. The molecule has 0 atom stereocenters. The van der Waals surface area contributed by atoms with Gasteiger partial charge < -0.3 is 14.6 Å². The molecule has 0 saturated heterocycles. The quantitative estimate of drug-likeness (QED) is 0.553. The Morgan fingerprint density at radius 2 is 2.11 bits per heavy atom. The van der Waals surface area contributed by atoms with Crippen molar-refractivity contribution in [1.82, 2.24) is 25.1 Å². The third kappa shape index (κ3) is 3.39. The number of amides is 1. The summed E-state index contributed by atoms with van der Waals surface area (Å²) in [5.41, 5.74) is 2.85. The van der Waals surface area contributed by atoms with Crippen LogP contribution in [0.3, 0.4) is 0 Å². The van der Waals surface area contributed by atoms with Crippen molar-refractivity contribution in [2.24, 2.45) is 0 Å². The van der Waals surface area contributed by atoms with Gasteiger partial charge in [-0.3, -0.25) is 14.9 Å². The van der Waals surface area contributed by atoms with Gasteiger partial charge in [-0.05, 0) is 36.4 Å². The molecule has 1 aromatic carbocycles. The number of aromatic amines is 1. The van der Waals surface area contributed by atoms with E-state index < -0.39 is 0 Å². The molecule has 7 heteroatoms. The fourth-order valence-electron chi connectivity index (χ4n) is 3.04. The third-order valence-electron chi connectivity index (χ3n) is 4.38. The maximum absolute atomic E-state index is 12.3. The first kappa shape index (κ1) is 16.8. The summed E-state index contributed by atoms with van der Waals surface area (Å²) in [6.45, 7) is 1.15. The number of H-pyrrole nitrogens is 1. The average Bonchev–Trinajstić information content (AvgIpc) is 3.36. The Morgan fingerprint density at radius 3 is 2.93 bits per heavy atom. The molecule has 3 aromatic heterocycles. The van der Waals surface area contributed by atoms with Gasteiger partial charge in [-0.2, -0.15) is 5.10 Å².